The Hall–Kier alpha value is -0.570. The summed E-state index contributed by atoms with van der Waals surface area (Å²) < 4.78 is 8.99. The number of hydrogen-bond acceptors (Lipinski definition) is 3. The summed E-state index contributed by atoms with van der Waals surface area (Å²) in [6.07, 6.45) is 0. The van der Waals surface area contributed by atoms with Crippen molar-refractivity contribution in [1.29, 1.82) is 0 Å². The molecular formula is C5H9O3. The van der Waals surface area contributed by atoms with Crippen LogP contribution in [0.1, 0.15) is 0 Å². The van der Waals surface area contributed by atoms with Crippen molar-refractivity contribution in [1.82, 2.24) is 0 Å². The number of esters is 1. The second-order valence-corrected chi connectivity index (χ2v) is 1.21. The van der Waals surface area contributed by atoms with E-state index in [-0.39, 0.29) is 0 Å². The fourth-order valence-electron chi connectivity index (χ4n) is 0.239. The lowest BCUT2D eigenvalue weighted by molar-refractivity contribution is -0.139. The minimum atomic E-state index is -0.512. The van der Waals surface area contributed by atoms with Gasteiger partial charge in [-0.15, -0.1) is 0 Å². The normalized spacial score (nSPS) is 8.75. The molecule has 8 heavy (non-hydrogen) atoms. The van der Waals surface area contributed by atoms with Crippen LogP contribution < -0.4 is 0 Å². The molecule has 0 aromatic carbocycles. The molecule has 0 unspecified atom stereocenters. The van der Waals surface area contributed by atoms with Gasteiger partial charge < -0.3 is 9.47 Å². The number of rotatable bonds is 3. The minimum Gasteiger partial charge on any atom is -0.463 e. The largest absolute Gasteiger partial charge is 0.463 e. The molecule has 0 atom stereocenters. The Morgan fingerprint density at radius 3 is 2.62 bits per heavy atom. The van der Waals surface area contributed by atoms with E-state index in [2.05, 4.69) is 16.4 Å². The highest BCUT2D eigenvalue weighted by molar-refractivity contribution is 5.73. The third-order valence-electron chi connectivity index (χ3n) is 0.551. The summed E-state index contributed by atoms with van der Waals surface area (Å²) in [7, 11) is 1.54. The third kappa shape index (κ3) is 5.43. The molecule has 0 amide bonds. The van der Waals surface area contributed by atoms with E-state index in [1.807, 2.05) is 0 Å². The summed E-state index contributed by atoms with van der Waals surface area (Å²) in [5.74, 6) is -0.512. The van der Waals surface area contributed by atoms with Gasteiger partial charge in [0.25, 0.3) is 0 Å². The zero-order chi connectivity index (χ0) is 6.41. The summed E-state index contributed by atoms with van der Waals surface area (Å²) >= 11 is 0. The fraction of sp³-hybridized carbons (Fsp3) is 0.600. The van der Waals surface area contributed by atoms with Gasteiger partial charge in [0.05, 0.1) is 13.5 Å². The van der Waals surface area contributed by atoms with Crippen LogP contribution in [0, 0.1) is 6.92 Å². The van der Waals surface area contributed by atoms with Crippen molar-refractivity contribution in [3.8, 4) is 0 Å². The second-order valence-electron chi connectivity index (χ2n) is 1.21. The number of carbonyl (C=O) groups excluding carboxylic acids is 1. The van der Waals surface area contributed by atoms with E-state index in [4.69, 9.17) is 0 Å². The zero-order valence-corrected chi connectivity index (χ0v) is 4.85. The first-order chi connectivity index (χ1) is 3.77. The van der Waals surface area contributed by atoms with Gasteiger partial charge in [-0.25, -0.2) is 0 Å². The predicted octanol–water partition coefficient (Wildman–Crippen LogP) is 0.0101. The molecule has 0 heterocycles. The Balaban J connectivity index is 2.82. The van der Waals surface area contributed by atoms with Crippen LogP contribution in [-0.4, -0.2) is 26.3 Å². The van der Waals surface area contributed by atoms with Crippen molar-refractivity contribution in [2.75, 3.05) is 20.3 Å². The Labute approximate surface area is 48.6 Å². The van der Waals surface area contributed by atoms with Crippen molar-refractivity contribution in [3.05, 3.63) is 6.92 Å². The molecule has 0 fully saturated rings. The number of carbonyl (C=O) groups is 1. The lowest BCUT2D eigenvalue weighted by Crippen LogP contribution is -2.05. The molecule has 0 spiro atoms. The van der Waals surface area contributed by atoms with Gasteiger partial charge >= 0.3 is 5.97 Å². The average molecular weight is 117 g/mol. The molecule has 0 aliphatic heterocycles. The first-order valence-electron chi connectivity index (χ1n) is 2.25. The lowest BCUT2D eigenvalue weighted by atomic mass is 10.7. The van der Waals surface area contributed by atoms with E-state index in [0.717, 1.165) is 0 Å². The molecule has 0 rings (SSSR count). The molecule has 0 saturated heterocycles. The van der Waals surface area contributed by atoms with E-state index < -0.39 is 5.97 Å². The predicted molar refractivity (Wildman–Crippen MR) is 28.2 cm³/mol. The van der Waals surface area contributed by atoms with E-state index in [9.17, 15) is 4.79 Å². The molecule has 3 nitrogen and oxygen atoms in total. The van der Waals surface area contributed by atoms with Crippen molar-refractivity contribution >= 4 is 5.97 Å². The highest BCUT2D eigenvalue weighted by Crippen LogP contribution is 1.74. The van der Waals surface area contributed by atoms with Crippen LogP contribution >= 0.6 is 0 Å². The second kappa shape index (κ2) is 4.59. The van der Waals surface area contributed by atoms with Crippen LogP contribution in [0.3, 0.4) is 0 Å². The van der Waals surface area contributed by atoms with E-state index in [0.29, 0.717) is 13.2 Å². The topological polar surface area (TPSA) is 35.5 Å². The minimum absolute atomic E-state index is 0.291. The Morgan fingerprint density at radius 1 is 1.62 bits per heavy atom. The molecular weight excluding hydrogens is 108 g/mol. The van der Waals surface area contributed by atoms with Gasteiger partial charge in [0.15, 0.2) is 0 Å². The van der Waals surface area contributed by atoms with Crippen molar-refractivity contribution in [3.63, 3.8) is 0 Å². The maximum Gasteiger partial charge on any atom is 0.306 e. The Bertz CT molecular complexity index is 70.1. The SMILES string of the molecule is [CH2]C(=O)OCCOC. The number of methoxy groups -OCH3 is 1. The molecule has 47 valence electrons. The van der Waals surface area contributed by atoms with Crippen LogP contribution in [0.15, 0.2) is 0 Å². The van der Waals surface area contributed by atoms with Crippen molar-refractivity contribution < 1.29 is 14.3 Å². The van der Waals surface area contributed by atoms with Gasteiger partial charge in [-0.1, -0.05) is 0 Å². The maximum atomic E-state index is 9.93. The Kier molecular flexibility index (Phi) is 4.26. The van der Waals surface area contributed by atoms with Gasteiger partial charge in [-0.05, 0) is 0 Å². The first-order valence-corrected chi connectivity index (χ1v) is 2.25. The molecule has 0 bridgehead atoms. The molecule has 3 heteroatoms. The van der Waals surface area contributed by atoms with Crippen molar-refractivity contribution in [2.24, 2.45) is 0 Å². The summed E-state index contributed by atoms with van der Waals surface area (Å²) in [6, 6.07) is 0. The number of hydrogen-bond donors (Lipinski definition) is 0. The highest BCUT2D eigenvalue weighted by Gasteiger charge is 1.88. The van der Waals surface area contributed by atoms with E-state index in [1.165, 1.54) is 7.11 Å². The third-order valence-corrected chi connectivity index (χ3v) is 0.551. The lowest BCUT2D eigenvalue weighted by Gasteiger charge is -1.97. The summed E-state index contributed by atoms with van der Waals surface area (Å²) in [5.41, 5.74) is 0. The fourth-order valence-corrected chi connectivity index (χ4v) is 0.239. The molecule has 0 aliphatic rings. The van der Waals surface area contributed by atoms with Crippen LogP contribution in [-0.2, 0) is 14.3 Å². The van der Waals surface area contributed by atoms with Crippen LogP contribution in [0.25, 0.3) is 0 Å². The zero-order valence-electron chi connectivity index (χ0n) is 4.85. The van der Waals surface area contributed by atoms with Crippen LogP contribution in [0.5, 0.6) is 0 Å². The van der Waals surface area contributed by atoms with Gasteiger partial charge in [-0.2, -0.15) is 0 Å². The maximum absolute atomic E-state index is 9.93. The standard InChI is InChI=1S/C5H9O3/c1-5(6)8-4-3-7-2/h1,3-4H2,2H3. The molecule has 0 aromatic rings. The molecule has 1 radical (unpaired) electrons. The van der Waals surface area contributed by atoms with Gasteiger partial charge in [0, 0.05) is 7.11 Å². The Morgan fingerprint density at radius 2 is 2.25 bits per heavy atom. The smallest absolute Gasteiger partial charge is 0.306 e. The van der Waals surface area contributed by atoms with Gasteiger partial charge in [0.1, 0.15) is 6.61 Å². The average Bonchev–Trinajstić information content (AvgIpc) is 1.66. The number of ether oxygens (including phenoxy) is 2. The van der Waals surface area contributed by atoms with Crippen LogP contribution in [0.2, 0.25) is 0 Å². The van der Waals surface area contributed by atoms with E-state index >= 15 is 0 Å². The molecule has 0 saturated carbocycles. The van der Waals surface area contributed by atoms with Gasteiger partial charge in [-0.3, -0.25) is 4.79 Å². The summed E-state index contributed by atoms with van der Waals surface area (Å²) in [6.45, 7) is 3.72. The highest BCUT2D eigenvalue weighted by atomic mass is 16.6. The summed E-state index contributed by atoms with van der Waals surface area (Å²) in [5, 5.41) is 0. The molecule has 0 N–H and O–H groups in total. The molecule has 0 aliphatic carbocycles. The van der Waals surface area contributed by atoms with E-state index in [1.54, 1.807) is 0 Å². The van der Waals surface area contributed by atoms with Gasteiger partial charge in [0.2, 0.25) is 0 Å². The monoisotopic (exact) mass is 117 g/mol. The quantitative estimate of drug-likeness (QED) is 0.386. The summed E-state index contributed by atoms with van der Waals surface area (Å²) in [4.78, 5) is 9.93. The first kappa shape index (κ1) is 7.43. The van der Waals surface area contributed by atoms with Crippen molar-refractivity contribution in [2.45, 2.75) is 0 Å². The van der Waals surface area contributed by atoms with Crippen LogP contribution in [0.4, 0.5) is 0 Å². The molecule has 0 aromatic heterocycles.